The Morgan fingerprint density at radius 3 is 0.912 bits per heavy atom. The van der Waals surface area contributed by atoms with Crippen LogP contribution in [0.3, 0.4) is 0 Å². The largest absolute Gasteiger partial charge is 0.303 e. The van der Waals surface area contributed by atoms with Crippen LogP contribution in [0.15, 0.2) is 0 Å². The Morgan fingerprint density at radius 1 is 0.353 bits per heavy atom. The van der Waals surface area contributed by atoms with E-state index in [1.165, 1.54) is 167 Å². The van der Waals surface area contributed by atoms with E-state index < -0.39 is 0 Å². The zero-order valence-corrected chi connectivity index (χ0v) is 25.0. The molecule has 1 nitrogen and oxygen atoms in total. The Bertz CT molecular complexity index is 342. The first kappa shape index (κ1) is 34.0. The lowest BCUT2D eigenvalue weighted by Gasteiger charge is -2.22. The van der Waals surface area contributed by atoms with Crippen molar-refractivity contribution >= 4 is 0 Å². The predicted molar refractivity (Wildman–Crippen MR) is 158 cm³/mol. The van der Waals surface area contributed by atoms with Crippen LogP contribution in [0.4, 0.5) is 0 Å². The second kappa shape index (κ2) is 27.5. The summed E-state index contributed by atoms with van der Waals surface area (Å²) >= 11 is 0. The van der Waals surface area contributed by atoms with Crippen LogP contribution < -0.4 is 0 Å². The summed E-state index contributed by atoms with van der Waals surface area (Å²) in [6, 6.07) is 0. The van der Waals surface area contributed by atoms with Crippen molar-refractivity contribution in [1.29, 1.82) is 0 Å². The van der Waals surface area contributed by atoms with Crippen LogP contribution in [0.25, 0.3) is 0 Å². The van der Waals surface area contributed by atoms with Gasteiger partial charge in [-0.15, -0.1) is 0 Å². The lowest BCUT2D eigenvalue weighted by molar-refractivity contribution is 0.253. The number of hydrogen-bond donors (Lipinski definition) is 0. The minimum Gasteiger partial charge on any atom is -0.303 e. The van der Waals surface area contributed by atoms with Gasteiger partial charge in [0.05, 0.1) is 0 Å². The quantitative estimate of drug-likeness (QED) is 0.101. The summed E-state index contributed by atoms with van der Waals surface area (Å²) in [5, 5.41) is 0. The molecule has 0 fully saturated rings. The zero-order chi connectivity index (χ0) is 25.1. The summed E-state index contributed by atoms with van der Waals surface area (Å²) in [6.07, 6.45) is 33.3. The van der Waals surface area contributed by atoms with Crippen LogP contribution in [0.5, 0.6) is 0 Å². The highest BCUT2D eigenvalue weighted by Gasteiger charge is 2.05. The van der Waals surface area contributed by atoms with E-state index in [0.717, 1.165) is 11.8 Å². The molecule has 0 aromatic rings. The molecule has 0 aliphatic heterocycles. The third kappa shape index (κ3) is 28.2. The van der Waals surface area contributed by atoms with Crippen molar-refractivity contribution < 1.29 is 0 Å². The molecule has 0 aromatic heterocycles. The Hall–Kier alpha value is -0.0400. The van der Waals surface area contributed by atoms with Gasteiger partial charge in [-0.2, -0.15) is 0 Å². The molecule has 0 aromatic carbocycles. The molecule has 0 aliphatic carbocycles. The lowest BCUT2D eigenvalue weighted by Crippen LogP contribution is -2.27. The van der Waals surface area contributed by atoms with Crippen molar-refractivity contribution in [2.24, 2.45) is 11.8 Å². The average Bonchev–Trinajstić information content (AvgIpc) is 2.80. The van der Waals surface area contributed by atoms with Gasteiger partial charge in [-0.1, -0.05) is 163 Å². The van der Waals surface area contributed by atoms with E-state index in [1.54, 1.807) is 0 Å². The first-order valence-electron chi connectivity index (χ1n) is 16.3. The second-order valence-electron chi connectivity index (χ2n) is 12.3. The predicted octanol–water partition coefficient (Wildman–Crippen LogP) is 11.6. The van der Waals surface area contributed by atoms with E-state index in [0.29, 0.717) is 0 Å². The number of hydrogen-bond acceptors (Lipinski definition) is 1. The van der Waals surface area contributed by atoms with Crippen molar-refractivity contribution in [3.63, 3.8) is 0 Å². The average molecular weight is 480 g/mol. The molecule has 34 heavy (non-hydrogen) atoms. The van der Waals surface area contributed by atoms with Gasteiger partial charge in [0.2, 0.25) is 0 Å². The van der Waals surface area contributed by atoms with Crippen LogP contribution in [0.2, 0.25) is 0 Å². The van der Waals surface area contributed by atoms with Crippen molar-refractivity contribution in [3.05, 3.63) is 0 Å². The first-order chi connectivity index (χ1) is 16.6. The van der Waals surface area contributed by atoms with Gasteiger partial charge in [0.1, 0.15) is 0 Å². The third-order valence-corrected chi connectivity index (χ3v) is 7.59. The fraction of sp³-hybridized carbons (Fsp3) is 1.00. The Morgan fingerprint density at radius 2 is 0.618 bits per heavy atom. The third-order valence-electron chi connectivity index (χ3n) is 7.59. The zero-order valence-electron chi connectivity index (χ0n) is 25.0. The SMILES string of the molecule is CCCCCCCCCCCCCCCN(CCCCCCC(C)C)CCCCCCC(C)C. The highest BCUT2D eigenvalue weighted by Crippen LogP contribution is 2.15. The normalized spacial score (nSPS) is 12.0. The molecule has 0 saturated heterocycles. The van der Waals surface area contributed by atoms with Gasteiger partial charge in [-0.05, 0) is 50.7 Å². The minimum absolute atomic E-state index is 0.878. The van der Waals surface area contributed by atoms with Crippen molar-refractivity contribution in [2.75, 3.05) is 19.6 Å². The molecule has 0 aliphatic rings. The minimum atomic E-state index is 0.878. The summed E-state index contributed by atoms with van der Waals surface area (Å²) in [4.78, 5) is 2.82. The smallest absolute Gasteiger partial charge is 0.00187 e. The monoisotopic (exact) mass is 480 g/mol. The molecule has 0 saturated carbocycles. The van der Waals surface area contributed by atoms with Gasteiger partial charge in [-0.3, -0.25) is 0 Å². The molecule has 0 bridgehead atoms. The maximum atomic E-state index is 2.82. The standard InChI is InChI=1S/C33H69N/c1-6-7-8-9-10-11-12-13-14-15-16-19-24-29-34(30-25-20-17-22-27-32(2)3)31-26-21-18-23-28-33(4)5/h32-33H,6-31H2,1-5H3. The highest BCUT2D eigenvalue weighted by atomic mass is 15.1. The van der Waals surface area contributed by atoms with E-state index in [2.05, 4.69) is 39.5 Å². The van der Waals surface area contributed by atoms with Crippen LogP contribution in [-0.4, -0.2) is 24.5 Å². The van der Waals surface area contributed by atoms with Gasteiger partial charge in [0.25, 0.3) is 0 Å². The van der Waals surface area contributed by atoms with Gasteiger partial charge < -0.3 is 4.90 Å². The van der Waals surface area contributed by atoms with E-state index in [9.17, 15) is 0 Å². The molecule has 0 atom stereocenters. The summed E-state index contributed by atoms with van der Waals surface area (Å²) in [5.41, 5.74) is 0. The summed E-state index contributed by atoms with van der Waals surface area (Å²) in [7, 11) is 0. The molecule has 1 heteroatoms. The number of rotatable bonds is 28. The van der Waals surface area contributed by atoms with Crippen LogP contribution in [-0.2, 0) is 0 Å². The Kier molecular flexibility index (Phi) is 27.5. The Labute approximate surface area is 218 Å². The van der Waals surface area contributed by atoms with Crippen molar-refractivity contribution in [2.45, 2.75) is 182 Å². The molecular weight excluding hydrogens is 410 g/mol. The summed E-state index contributed by atoms with van der Waals surface area (Å²) < 4.78 is 0. The van der Waals surface area contributed by atoms with E-state index in [1.807, 2.05) is 0 Å². The van der Waals surface area contributed by atoms with Gasteiger partial charge >= 0.3 is 0 Å². The molecule has 0 N–H and O–H groups in total. The molecule has 0 radical (unpaired) electrons. The van der Waals surface area contributed by atoms with Gasteiger partial charge in [-0.25, -0.2) is 0 Å². The molecule has 206 valence electrons. The van der Waals surface area contributed by atoms with Crippen molar-refractivity contribution in [1.82, 2.24) is 4.90 Å². The molecule has 0 heterocycles. The maximum Gasteiger partial charge on any atom is -0.00187 e. The van der Waals surface area contributed by atoms with E-state index in [-0.39, 0.29) is 0 Å². The van der Waals surface area contributed by atoms with Crippen molar-refractivity contribution in [3.8, 4) is 0 Å². The van der Waals surface area contributed by atoms with Crippen LogP contribution >= 0.6 is 0 Å². The second-order valence-corrected chi connectivity index (χ2v) is 12.3. The fourth-order valence-electron chi connectivity index (χ4n) is 5.17. The number of unbranched alkanes of at least 4 members (excludes halogenated alkanes) is 18. The van der Waals surface area contributed by atoms with E-state index >= 15 is 0 Å². The molecule has 0 unspecified atom stereocenters. The van der Waals surface area contributed by atoms with Crippen LogP contribution in [0.1, 0.15) is 182 Å². The first-order valence-corrected chi connectivity index (χ1v) is 16.3. The van der Waals surface area contributed by atoms with Crippen LogP contribution in [0, 0.1) is 11.8 Å². The molecule has 0 amide bonds. The topological polar surface area (TPSA) is 3.24 Å². The van der Waals surface area contributed by atoms with Gasteiger partial charge in [0, 0.05) is 0 Å². The highest BCUT2D eigenvalue weighted by molar-refractivity contribution is 4.61. The van der Waals surface area contributed by atoms with E-state index in [4.69, 9.17) is 0 Å². The fourth-order valence-corrected chi connectivity index (χ4v) is 5.17. The summed E-state index contributed by atoms with van der Waals surface area (Å²) in [5.74, 6) is 1.76. The molecule has 0 spiro atoms. The maximum absolute atomic E-state index is 2.82. The molecule has 0 rings (SSSR count). The summed E-state index contributed by atoms with van der Waals surface area (Å²) in [6.45, 7) is 15.8. The Balaban J connectivity index is 3.79. The van der Waals surface area contributed by atoms with Gasteiger partial charge in [0.15, 0.2) is 0 Å². The molecular formula is C33H69N. The number of nitrogens with zero attached hydrogens (tertiary/aromatic N) is 1. The lowest BCUT2D eigenvalue weighted by atomic mass is 10.0.